The molecule has 0 heterocycles. The molecule has 12 heavy (non-hydrogen) atoms. The Morgan fingerprint density at radius 3 is 2.33 bits per heavy atom. The minimum atomic E-state index is -3.14. The first-order valence-corrected chi connectivity index (χ1v) is 4.30. The van der Waals surface area contributed by atoms with Crippen molar-refractivity contribution in [2.75, 3.05) is 0 Å². The van der Waals surface area contributed by atoms with Gasteiger partial charge < -0.3 is 0 Å². The Balaban J connectivity index is 3.88. The molecule has 1 nitrogen and oxygen atoms in total. The molecule has 0 atom stereocenters. The van der Waals surface area contributed by atoms with Crippen LogP contribution in [0.1, 0.15) is 39.5 Å². The van der Waals surface area contributed by atoms with Crippen LogP contribution >= 0.6 is 0 Å². The Hall–Kier alpha value is -0.470. The topological polar surface area (TPSA) is 17.1 Å². The lowest BCUT2D eigenvalue weighted by molar-refractivity contribution is -0.140. The molecule has 0 saturated carbocycles. The van der Waals surface area contributed by atoms with Gasteiger partial charge in [-0.15, -0.1) is 0 Å². The number of hydrogen-bond acceptors (Lipinski definition) is 1. The van der Waals surface area contributed by atoms with Crippen LogP contribution in [0.3, 0.4) is 0 Å². The van der Waals surface area contributed by atoms with Gasteiger partial charge in [0.25, 0.3) is 0 Å². The van der Waals surface area contributed by atoms with Crippen LogP contribution in [0.5, 0.6) is 0 Å². The molecule has 0 aliphatic carbocycles. The molecule has 3 heteroatoms. The van der Waals surface area contributed by atoms with Crippen LogP contribution in [0.4, 0.5) is 8.78 Å². The summed E-state index contributed by atoms with van der Waals surface area (Å²) in [7, 11) is 0. The van der Waals surface area contributed by atoms with Gasteiger partial charge in [0.15, 0.2) is 0 Å². The van der Waals surface area contributed by atoms with Gasteiger partial charge >= 0.3 is 5.92 Å². The molecule has 0 amide bonds. The van der Waals surface area contributed by atoms with Gasteiger partial charge in [0.1, 0.15) is 0 Å². The summed E-state index contributed by atoms with van der Waals surface area (Å²) in [6.07, 6.45) is 2.26. The second-order valence-corrected chi connectivity index (χ2v) is 2.81. The van der Waals surface area contributed by atoms with Crippen molar-refractivity contribution in [3.8, 4) is 0 Å². The predicted octanol–water partition coefficient (Wildman–Crippen LogP) is 3.00. The van der Waals surface area contributed by atoms with E-state index in [1.54, 1.807) is 6.92 Å². The van der Waals surface area contributed by atoms with Crippen molar-refractivity contribution in [3.05, 3.63) is 6.42 Å². The molecular formula is C9H15F2O. The molecular weight excluding hydrogens is 162 g/mol. The number of hydrogen-bond donors (Lipinski definition) is 0. The number of Topliss-reactive ketones (excluding diaryl/α,β-unsaturated/α-hetero) is 1. The number of carbonyl (C=O) groups is 1. The van der Waals surface area contributed by atoms with Gasteiger partial charge in [0.2, 0.25) is 5.78 Å². The largest absolute Gasteiger partial charge is 0.305 e. The summed E-state index contributed by atoms with van der Waals surface area (Å²) in [4.78, 5) is 10.8. The van der Waals surface area contributed by atoms with E-state index >= 15 is 0 Å². The molecule has 71 valence electrons. The summed E-state index contributed by atoms with van der Waals surface area (Å²) in [5, 5.41) is 0. The van der Waals surface area contributed by atoms with E-state index in [9.17, 15) is 13.6 Å². The van der Waals surface area contributed by atoms with Crippen molar-refractivity contribution in [3.63, 3.8) is 0 Å². The molecule has 0 aromatic rings. The molecule has 0 spiro atoms. The van der Waals surface area contributed by atoms with Gasteiger partial charge in [0, 0.05) is 12.8 Å². The maximum atomic E-state index is 12.8. The monoisotopic (exact) mass is 177 g/mol. The fraction of sp³-hybridized carbons (Fsp3) is 0.778. The molecule has 0 rings (SSSR count). The van der Waals surface area contributed by atoms with E-state index in [1.807, 2.05) is 6.92 Å². The third-order valence-corrected chi connectivity index (χ3v) is 1.54. The van der Waals surface area contributed by atoms with E-state index in [4.69, 9.17) is 0 Å². The second-order valence-electron chi connectivity index (χ2n) is 2.81. The maximum absolute atomic E-state index is 12.8. The lowest BCUT2D eigenvalue weighted by Gasteiger charge is -2.12. The van der Waals surface area contributed by atoms with Gasteiger partial charge in [-0.1, -0.05) is 20.3 Å². The first kappa shape index (κ1) is 11.5. The Labute approximate surface area is 72.2 Å². The highest BCUT2D eigenvalue weighted by atomic mass is 19.3. The minimum Gasteiger partial charge on any atom is -0.293 e. The van der Waals surface area contributed by atoms with E-state index in [0.717, 1.165) is 12.8 Å². The maximum Gasteiger partial charge on any atom is 0.305 e. The Kier molecular flexibility index (Phi) is 5.02. The van der Waals surface area contributed by atoms with Crippen LogP contribution in [0, 0.1) is 6.42 Å². The van der Waals surface area contributed by atoms with Crippen molar-refractivity contribution in [2.45, 2.75) is 45.5 Å². The fourth-order valence-electron chi connectivity index (χ4n) is 0.862. The number of halogens is 2. The van der Waals surface area contributed by atoms with Crippen LogP contribution < -0.4 is 0 Å². The Morgan fingerprint density at radius 1 is 1.33 bits per heavy atom. The summed E-state index contributed by atoms with van der Waals surface area (Å²) >= 11 is 0. The number of carbonyl (C=O) groups excluding carboxylic acids is 1. The van der Waals surface area contributed by atoms with Gasteiger partial charge in [-0.25, -0.2) is 0 Å². The van der Waals surface area contributed by atoms with Crippen molar-refractivity contribution in [2.24, 2.45) is 0 Å². The molecule has 1 radical (unpaired) electrons. The average Bonchev–Trinajstić information content (AvgIpc) is 2.00. The molecule has 0 aliphatic rings. The van der Waals surface area contributed by atoms with Crippen LogP contribution in [-0.2, 0) is 4.79 Å². The highest BCUT2D eigenvalue weighted by Gasteiger charge is 2.36. The first-order chi connectivity index (χ1) is 5.54. The number of ketones is 1. The molecule has 0 bridgehead atoms. The third-order valence-electron chi connectivity index (χ3n) is 1.54. The molecule has 0 aromatic heterocycles. The summed E-state index contributed by atoms with van der Waals surface area (Å²) in [5.41, 5.74) is 0. The first-order valence-electron chi connectivity index (χ1n) is 4.30. The molecule has 0 unspecified atom stereocenters. The van der Waals surface area contributed by atoms with Gasteiger partial charge in [-0.2, -0.15) is 8.78 Å². The van der Waals surface area contributed by atoms with Gasteiger partial charge in [-0.05, 0) is 12.8 Å². The van der Waals surface area contributed by atoms with Gasteiger partial charge in [-0.3, -0.25) is 4.79 Å². The summed E-state index contributed by atoms with van der Waals surface area (Å²) in [6.45, 7) is 3.49. The molecule has 0 N–H and O–H groups in total. The highest BCUT2D eigenvalue weighted by molar-refractivity contribution is 5.92. The molecule has 0 aromatic carbocycles. The second kappa shape index (κ2) is 5.22. The SMILES string of the molecule is CCC[CH]C(=O)C(F)(F)CCC. The van der Waals surface area contributed by atoms with Crippen LogP contribution in [0.2, 0.25) is 0 Å². The molecule has 0 saturated heterocycles. The summed E-state index contributed by atoms with van der Waals surface area (Å²) in [6, 6.07) is 0. The fourth-order valence-corrected chi connectivity index (χ4v) is 0.862. The third kappa shape index (κ3) is 3.79. The highest BCUT2D eigenvalue weighted by Crippen LogP contribution is 2.23. The summed E-state index contributed by atoms with van der Waals surface area (Å²) < 4.78 is 25.5. The Morgan fingerprint density at radius 2 is 1.92 bits per heavy atom. The zero-order chi connectivity index (χ0) is 9.61. The van der Waals surface area contributed by atoms with E-state index < -0.39 is 11.7 Å². The normalized spacial score (nSPS) is 11.7. The van der Waals surface area contributed by atoms with Crippen molar-refractivity contribution in [1.29, 1.82) is 0 Å². The van der Waals surface area contributed by atoms with Crippen molar-refractivity contribution >= 4 is 5.78 Å². The van der Waals surface area contributed by atoms with Crippen LogP contribution in [0.15, 0.2) is 0 Å². The zero-order valence-corrected chi connectivity index (χ0v) is 7.57. The zero-order valence-electron chi connectivity index (χ0n) is 7.57. The number of unbranched alkanes of at least 4 members (excludes halogenated alkanes) is 1. The Bertz CT molecular complexity index is 143. The van der Waals surface area contributed by atoms with E-state index in [1.165, 1.54) is 0 Å². The van der Waals surface area contributed by atoms with E-state index in [0.29, 0.717) is 12.8 Å². The smallest absolute Gasteiger partial charge is 0.293 e. The van der Waals surface area contributed by atoms with Gasteiger partial charge in [0.05, 0.1) is 0 Å². The molecule has 0 fully saturated rings. The van der Waals surface area contributed by atoms with Crippen molar-refractivity contribution in [1.82, 2.24) is 0 Å². The van der Waals surface area contributed by atoms with E-state index in [-0.39, 0.29) is 6.42 Å². The lowest BCUT2D eigenvalue weighted by atomic mass is 10.0. The predicted molar refractivity (Wildman–Crippen MR) is 44.1 cm³/mol. The standard InChI is InChI=1S/C9H15F2O/c1-3-5-6-8(12)9(10,11)7-4-2/h6H,3-5,7H2,1-2H3. The quantitative estimate of drug-likeness (QED) is 0.609. The van der Waals surface area contributed by atoms with Crippen LogP contribution in [-0.4, -0.2) is 11.7 Å². The van der Waals surface area contributed by atoms with E-state index in [2.05, 4.69) is 0 Å². The lowest BCUT2D eigenvalue weighted by Crippen LogP contribution is -2.28. The number of rotatable bonds is 6. The van der Waals surface area contributed by atoms with Crippen LogP contribution in [0.25, 0.3) is 0 Å². The molecule has 0 aliphatic heterocycles. The number of alkyl halides is 2. The average molecular weight is 177 g/mol. The van der Waals surface area contributed by atoms with Crippen molar-refractivity contribution < 1.29 is 13.6 Å². The minimum absolute atomic E-state index is 0.332. The summed E-state index contributed by atoms with van der Waals surface area (Å²) in [5.74, 6) is -4.16.